The second-order valence-corrected chi connectivity index (χ2v) is 4.53. The first-order valence-electron chi connectivity index (χ1n) is 6.02. The summed E-state index contributed by atoms with van der Waals surface area (Å²) < 4.78 is 0. The molecule has 1 aromatic carbocycles. The highest BCUT2D eigenvalue weighted by atomic mass is 16.2. The van der Waals surface area contributed by atoms with Gasteiger partial charge in [-0.3, -0.25) is 4.90 Å². The van der Waals surface area contributed by atoms with Gasteiger partial charge in [-0.05, 0) is 43.0 Å². The average molecular weight is 233 g/mol. The van der Waals surface area contributed by atoms with Crippen molar-refractivity contribution >= 4 is 11.7 Å². The van der Waals surface area contributed by atoms with Crippen LogP contribution in [0.3, 0.4) is 0 Å². The number of urea groups is 1. The molecule has 3 N–H and O–H groups in total. The number of amides is 2. The van der Waals surface area contributed by atoms with Crippen molar-refractivity contribution in [1.82, 2.24) is 5.32 Å². The third-order valence-electron chi connectivity index (χ3n) is 3.38. The Balaban J connectivity index is 2.09. The van der Waals surface area contributed by atoms with Crippen LogP contribution >= 0.6 is 0 Å². The summed E-state index contributed by atoms with van der Waals surface area (Å²) in [5.41, 5.74) is 7.40. The zero-order valence-corrected chi connectivity index (χ0v) is 10.1. The van der Waals surface area contributed by atoms with Gasteiger partial charge in [-0.2, -0.15) is 0 Å². The summed E-state index contributed by atoms with van der Waals surface area (Å²) in [6.07, 6.45) is 2.46. The maximum absolute atomic E-state index is 11.0. The van der Waals surface area contributed by atoms with Crippen LogP contribution in [0.5, 0.6) is 0 Å². The molecule has 0 aliphatic carbocycles. The molecule has 0 bridgehead atoms. The normalized spacial score (nSPS) is 19.9. The Hall–Kier alpha value is -1.55. The Morgan fingerprint density at radius 3 is 2.65 bits per heavy atom. The van der Waals surface area contributed by atoms with E-state index in [4.69, 9.17) is 5.73 Å². The highest BCUT2D eigenvalue weighted by Gasteiger charge is 2.15. The number of nitrogens with two attached hydrogens (primary N) is 1. The van der Waals surface area contributed by atoms with Gasteiger partial charge in [-0.15, -0.1) is 0 Å². The van der Waals surface area contributed by atoms with Gasteiger partial charge in [0.15, 0.2) is 0 Å². The van der Waals surface area contributed by atoms with Crippen LogP contribution in [0.25, 0.3) is 0 Å². The fourth-order valence-electron chi connectivity index (χ4n) is 2.23. The zero-order valence-electron chi connectivity index (χ0n) is 10.1. The molecule has 2 rings (SSSR count). The number of anilines is 1. The van der Waals surface area contributed by atoms with Gasteiger partial charge in [-0.25, -0.2) is 4.79 Å². The molecule has 1 saturated heterocycles. The molecule has 0 saturated carbocycles. The van der Waals surface area contributed by atoms with E-state index in [1.807, 2.05) is 12.1 Å². The molecule has 0 spiro atoms. The van der Waals surface area contributed by atoms with E-state index in [0.29, 0.717) is 5.92 Å². The number of nitrogens with zero attached hydrogens (tertiary/aromatic N) is 1. The largest absolute Gasteiger partial charge is 0.351 e. The van der Waals surface area contributed by atoms with Crippen LogP contribution in [0.15, 0.2) is 24.3 Å². The number of carbonyl (C=O) groups excluding carboxylic acids is 1. The molecule has 1 heterocycles. The molecule has 92 valence electrons. The molecular weight excluding hydrogens is 214 g/mol. The first-order chi connectivity index (χ1) is 8.18. The van der Waals surface area contributed by atoms with Crippen molar-refractivity contribution in [3.05, 3.63) is 29.8 Å². The fraction of sp³-hybridized carbons (Fsp3) is 0.462. The second-order valence-electron chi connectivity index (χ2n) is 4.53. The highest BCUT2D eigenvalue weighted by Crippen LogP contribution is 2.25. The van der Waals surface area contributed by atoms with Crippen LogP contribution in [-0.2, 0) is 0 Å². The van der Waals surface area contributed by atoms with Crippen LogP contribution in [0, 0.1) is 0 Å². The summed E-state index contributed by atoms with van der Waals surface area (Å²) in [4.78, 5) is 12.5. The lowest BCUT2D eigenvalue weighted by Crippen LogP contribution is -2.31. The summed E-state index contributed by atoms with van der Waals surface area (Å²) in [7, 11) is 1.68. The van der Waals surface area contributed by atoms with Crippen LogP contribution in [0.1, 0.15) is 24.3 Å². The van der Waals surface area contributed by atoms with Crippen LogP contribution < -0.4 is 16.0 Å². The summed E-state index contributed by atoms with van der Waals surface area (Å²) >= 11 is 0. The van der Waals surface area contributed by atoms with E-state index in [9.17, 15) is 4.79 Å². The zero-order chi connectivity index (χ0) is 12.3. The minimum absolute atomic E-state index is 0.433. The van der Waals surface area contributed by atoms with E-state index >= 15 is 0 Å². The van der Waals surface area contributed by atoms with E-state index in [2.05, 4.69) is 17.4 Å². The minimum Gasteiger partial charge on any atom is -0.351 e. The average Bonchev–Trinajstić information content (AvgIpc) is 2.39. The number of nitrogens with one attached hydrogen (secondary N) is 1. The lowest BCUT2D eigenvalue weighted by atomic mass is 9.91. The van der Waals surface area contributed by atoms with Crippen molar-refractivity contribution in [3.63, 3.8) is 0 Å². The van der Waals surface area contributed by atoms with Gasteiger partial charge < -0.3 is 11.1 Å². The lowest BCUT2D eigenvalue weighted by Gasteiger charge is -2.23. The molecule has 1 atom stereocenters. The molecule has 1 aliphatic heterocycles. The molecule has 0 radical (unpaired) electrons. The van der Waals surface area contributed by atoms with Gasteiger partial charge in [0.25, 0.3) is 0 Å². The highest BCUT2D eigenvalue weighted by molar-refractivity contribution is 5.89. The molecule has 17 heavy (non-hydrogen) atoms. The van der Waals surface area contributed by atoms with E-state index in [-0.39, 0.29) is 0 Å². The number of hydrogen-bond acceptors (Lipinski definition) is 2. The van der Waals surface area contributed by atoms with Crippen LogP contribution in [-0.4, -0.2) is 26.2 Å². The number of rotatable bonds is 2. The summed E-state index contributed by atoms with van der Waals surface area (Å²) in [5, 5.41) is 3.40. The predicted octanol–water partition coefficient (Wildman–Crippen LogP) is 1.67. The standard InChI is InChI=1S/C13H19N3O/c1-16(13(14)17)12-6-4-10(5-7-12)11-3-2-8-15-9-11/h4-7,11,15H,2-3,8-9H2,1H3,(H2,14,17). The topological polar surface area (TPSA) is 58.4 Å². The quantitative estimate of drug-likeness (QED) is 0.816. The Labute approximate surface area is 102 Å². The maximum atomic E-state index is 11.0. The smallest absolute Gasteiger partial charge is 0.318 e. The Kier molecular flexibility index (Phi) is 3.64. The van der Waals surface area contributed by atoms with Gasteiger partial charge in [0, 0.05) is 19.3 Å². The molecule has 1 unspecified atom stereocenters. The van der Waals surface area contributed by atoms with Gasteiger partial charge in [0.1, 0.15) is 0 Å². The predicted molar refractivity (Wildman–Crippen MR) is 69.3 cm³/mol. The molecule has 2 amide bonds. The van der Waals surface area contributed by atoms with Crippen molar-refractivity contribution in [1.29, 1.82) is 0 Å². The molecule has 0 aromatic heterocycles. The number of carbonyl (C=O) groups is 1. The Morgan fingerprint density at radius 1 is 1.41 bits per heavy atom. The van der Waals surface area contributed by atoms with Crippen molar-refractivity contribution < 1.29 is 4.79 Å². The van der Waals surface area contributed by atoms with Crippen molar-refractivity contribution in [2.45, 2.75) is 18.8 Å². The van der Waals surface area contributed by atoms with Crippen molar-refractivity contribution in [2.24, 2.45) is 5.73 Å². The van der Waals surface area contributed by atoms with Crippen LogP contribution in [0.2, 0.25) is 0 Å². The molecule has 4 nitrogen and oxygen atoms in total. The Bertz CT molecular complexity index is 382. The number of piperidine rings is 1. The third kappa shape index (κ3) is 2.77. The molecule has 1 aliphatic rings. The molecule has 4 heteroatoms. The fourth-order valence-corrected chi connectivity index (χ4v) is 2.23. The Morgan fingerprint density at radius 2 is 2.12 bits per heavy atom. The first kappa shape index (κ1) is 11.9. The second kappa shape index (κ2) is 5.19. The van der Waals surface area contributed by atoms with Gasteiger partial charge in [0.2, 0.25) is 0 Å². The number of hydrogen-bond donors (Lipinski definition) is 2. The SMILES string of the molecule is CN(C(N)=O)c1ccc(C2CCCNC2)cc1. The molecular formula is C13H19N3O. The third-order valence-corrected chi connectivity index (χ3v) is 3.38. The van der Waals surface area contributed by atoms with Crippen LogP contribution in [0.4, 0.5) is 10.5 Å². The molecule has 1 aromatic rings. The van der Waals surface area contributed by atoms with E-state index in [0.717, 1.165) is 18.8 Å². The summed E-state index contributed by atoms with van der Waals surface area (Å²) in [6.45, 7) is 2.17. The van der Waals surface area contributed by atoms with Gasteiger partial charge in [-0.1, -0.05) is 12.1 Å². The van der Waals surface area contributed by atoms with Crippen molar-refractivity contribution in [2.75, 3.05) is 25.0 Å². The number of benzene rings is 1. The summed E-state index contributed by atoms with van der Waals surface area (Å²) in [6, 6.07) is 7.65. The maximum Gasteiger partial charge on any atom is 0.318 e. The first-order valence-corrected chi connectivity index (χ1v) is 6.02. The number of primary amides is 1. The van der Waals surface area contributed by atoms with Crippen molar-refractivity contribution in [3.8, 4) is 0 Å². The van der Waals surface area contributed by atoms with Gasteiger partial charge in [0.05, 0.1) is 0 Å². The summed E-state index contributed by atoms with van der Waals surface area (Å²) in [5.74, 6) is 0.594. The van der Waals surface area contributed by atoms with Gasteiger partial charge >= 0.3 is 6.03 Å². The van der Waals surface area contributed by atoms with E-state index < -0.39 is 6.03 Å². The minimum atomic E-state index is -0.433. The lowest BCUT2D eigenvalue weighted by molar-refractivity contribution is 0.255. The monoisotopic (exact) mass is 233 g/mol. The van der Waals surface area contributed by atoms with E-state index in [1.54, 1.807) is 7.05 Å². The molecule has 1 fully saturated rings. The van der Waals surface area contributed by atoms with E-state index in [1.165, 1.54) is 23.3 Å².